The van der Waals surface area contributed by atoms with Gasteiger partial charge in [0.1, 0.15) is 4.88 Å². The van der Waals surface area contributed by atoms with Gasteiger partial charge in [0.2, 0.25) is 5.91 Å². The van der Waals surface area contributed by atoms with Gasteiger partial charge < -0.3 is 15.7 Å². The second kappa shape index (κ2) is 6.00. The number of hydrogen-bond donors (Lipinski definition) is 3. The normalized spacial score (nSPS) is 9.71. The Bertz CT molecular complexity index is 441. The first-order valence-corrected chi connectivity index (χ1v) is 5.68. The number of amides is 2. The van der Waals surface area contributed by atoms with E-state index in [4.69, 9.17) is 5.11 Å². The molecule has 7 heteroatoms. The smallest absolute Gasteiger partial charge is 0.345 e. The van der Waals surface area contributed by atoms with E-state index in [1.54, 1.807) is 0 Å². The van der Waals surface area contributed by atoms with Gasteiger partial charge in [-0.15, -0.1) is 11.3 Å². The zero-order chi connectivity index (χ0) is 12.8. The fourth-order valence-corrected chi connectivity index (χ4v) is 1.84. The van der Waals surface area contributed by atoms with Crippen LogP contribution in [-0.2, 0) is 4.79 Å². The molecule has 17 heavy (non-hydrogen) atoms. The van der Waals surface area contributed by atoms with E-state index in [1.807, 2.05) is 0 Å². The van der Waals surface area contributed by atoms with Crippen LogP contribution in [0.15, 0.2) is 12.1 Å². The molecule has 0 aliphatic rings. The molecule has 0 atom stereocenters. The molecule has 1 aromatic rings. The van der Waals surface area contributed by atoms with Crippen LogP contribution in [0.5, 0.6) is 0 Å². The van der Waals surface area contributed by atoms with Crippen molar-refractivity contribution in [2.45, 2.75) is 6.42 Å². The average Bonchev–Trinajstić information content (AvgIpc) is 2.78. The maximum atomic E-state index is 11.5. The monoisotopic (exact) mass is 256 g/mol. The third-order valence-electron chi connectivity index (χ3n) is 1.96. The molecule has 0 fully saturated rings. The third-order valence-corrected chi connectivity index (χ3v) is 3.03. The van der Waals surface area contributed by atoms with Crippen molar-refractivity contribution in [2.24, 2.45) is 0 Å². The highest BCUT2D eigenvalue weighted by atomic mass is 32.1. The summed E-state index contributed by atoms with van der Waals surface area (Å²) in [4.78, 5) is 33.4. The van der Waals surface area contributed by atoms with Gasteiger partial charge in [0.25, 0.3) is 5.91 Å². The second-order valence-electron chi connectivity index (χ2n) is 3.15. The standard InChI is InChI=1S/C10H12N2O4S/c1-11-8(13)4-5-12-9(14)6-2-3-7(17-6)10(15)16/h2-3H,4-5H2,1H3,(H,11,13)(H,12,14)(H,15,16). The van der Waals surface area contributed by atoms with Crippen LogP contribution in [0.1, 0.15) is 25.8 Å². The molecule has 0 radical (unpaired) electrons. The van der Waals surface area contributed by atoms with E-state index >= 15 is 0 Å². The number of carbonyl (C=O) groups is 3. The van der Waals surface area contributed by atoms with Gasteiger partial charge in [-0.1, -0.05) is 0 Å². The number of nitrogens with one attached hydrogen (secondary N) is 2. The van der Waals surface area contributed by atoms with Crippen molar-refractivity contribution >= 4 is 29.1 Å². The highest BCUT2D eigenvalue weighted by molar-refractivity contribution is 7.15. The van der Waals surface area contributed by atoms with Crippen LogP contribution in [-0.4, -0.2) is 36.5 Å². The van der Waals surface area contributed by atoms with Crippen molar-refractivity contribution in [3.63, 3.8) is 0 Å². The highest BCUT2D eigenvalue weighted by Gasteiger charge is 2.12. The van der Waals surface area contributed by atoms with Gasteiger partial charge >= 0.3 is 5.97 Å². The minimum absolute atomic E-state index is 0.112. The van der Waals surface area contributed by atoms with Crippen LogP contribution in [0.25, 0.3) is 0 Å². The van der Waals surface area contributed by atoms with Gasteiger partial charge in [0.15, 0.2) is 0 Å². The number of thiophene rings is 1. The predicted molar refractivity (Wildman–Crippen MR) is 62.3 cm³/mol. The fraction of sp³-hybridized carbons (Fsp3) is 0.300. The van der Waals surface area contributed by atoms with Gasteiger partial charge in [-0.3, -0.25) is 9.59 Å². The molecule has 0 spiro atoms. The summed E-state index contributed by atoms with van der Waals surface area (Å²) >= 11 is 0.902. The van der Waals surface area contributed by atoms with E-state index in [1.165, 1.54) is 19.2 Å². The summed E-state index contributed by atoms with van der Waals surface area (Å²) in [5.74, 6) is -1.59. The van der Waals surface area contributed by atoms with E-state index in [0.29, 0.717) is 4.88 Å². The van der Waals surface area contributed by atoms with E-state index in [0.717, 1.165) is 11.3 Å². The SMILES string of the molecule is CNC(=O)CCNC(=O)c1ccc(C(=O)O)s1. The maximum absolute atomic E-state index is 11.5. The molecular formula is C10H12N2O4S. The lowest BCUT2D eigenvalue weighted by molar-refractivity contribution is -0.120. The topological polar surface area (TPSA) is 95.5 Å². The molecule has 2 amide bonds. The molecule has 6 nitrogen and oxygen atoms in total. The summed E-state index contributed by atoms with van der Waals surface area (Å²) in [5.41, 5.74) is 0. The first kappa shape index (κ1) is 13.2. The van der Waals surface area contributed by atoms with Crippen molar-refractivity contribution in [3.05, 3.63) is 21.9 Å². The van der Waals surface area contributed by atoms with Crippen molar-refractivity contribution in [1.82, 2.24) is 10.6 Å². The van der Waals surface area contributed by atoms with E-state index in [2.05, 4.69) is 10.6 Å². The average molecular weight is 256 g/mol. The van der Waals surface area contributed by atoms with Crippen LogP contribution < -0.4 is 10.6 Å². The first-order chi connectivity index (χ1) is 8.04. The number of carboxylic acids is 1. The van der Waals surface area contributed by atoms with Gasteiger partial charge in [-0.05, 0) is 12.1 Å². The Morgan fingerprint density at radius 2 is 1.94 bits per heavy atom. The summed E-state index contributed by atoms with van der Waals surface area (Å²) in [6.45, 7) is 0.221. The second-order valence-corrected chi connectivity index (χ2v) is 4.23. The Hall–Kier alpha value is -1.89. The highest BCUT2D eigenvalue weighted by Crippen LogP contribution is 2.15. The summed E-state index contributed by atoms with van der Waals surface area (Å²) in [7, 11) is 1.52. The largest absolute Gasteiger partial charge is 0.477 e. The molecular weight excluding hydrogens is 244 g/mol. The number of carbonyl (C=O) groups excluding carboxylic acids is 2. The van der Waals surface area contributed by atoms with Crippen molar-refractivity contribution in [1.29, 1.82) is 0 Å². The maximum Gasteiger partial charge on any atom is 0.345 e. The van der Waals surface area contributed by atoms with Crippen LogP contribution in [0.3, 0.4) is 0 Å². The number of rotatable bonds is 5. The van der Waals surface area contributed by atoms with Crippen LogP contribution >= 0.6 is 11.3 Å². The van der Waals surface area contributed by atoms with Gasteiger partial charge in [0, 0.05) is 20.0 Å². The molecule has 1 heterocycles. The molecule has 0 saturated carbocycles. The molecule has 0 unspecified atom stereocenters. The summed E-state index contributed by atoms with van der Waals surface area (Å²) in [6.07, 6.45) is 0.194. The molecule has 92 valence electrons. The van der Waals surface area contributed by atoms with Gasteiger partial charge in [-0.2, -0.15) is 0 Å². The Kier molecular flexibility index (Phi) is 4.65. The van der Waals surface area contributed by atoms with E-state index < -0.39 is 5.97 Å². The zero-order valence-corrected chi connectivity index (χ0v) is 9.97. The molecule has 0 aliphatic heterocycles. The number of hydrogen-bond acceptors (Lipinski definition) is 4. The minimum Gasteiger partial charge on any atom is -0.477 e. The summed E-state index contributed by atoms with van der Waals surface area (Å²) in [6, 6.07) is 2.82. The Morgan fingerprint density at radius 3 is 2.47 bits per heavy atom. The predicted octanol–water partition coefficient (Wildman–Crippen LogP) is 0.312. The lowest BCUT2D eigenvalue weighted by Gasteiger charge is -2.02. The number of aromatic carboxylic acids is 1. The molecule has 1 aromatic heterocycles. The summed E-state index contributed by atoms with van der Waals surface area (Å²) < 4.78 is 0. The quantitative estimate of drug-likeness (QED) is 0.706. The molecule has 0 aliphatic carbocycles. The van der Waals surface area contributed by atoms with Crippen LogP contribution in [0.2, 0.25) is 0 Å². The van der Waals surface area contributed by atoms with Crippen molar-refractivity contribution in [3.8, 4) is 0 Å². The fourth-order valence-electron chi connectivity index (χ4n) is 1.08. The molecule has 0 saturated heterocycles. The van der Waals surface area contributed by atoms with Gasteiger partial charge in [-0.25, -0.2) is 4.79 Å². The molecule has 3 N–H and O–H groups in total. The zero-order valence-electron chi connectivity index (χ0n) is 9.15. The molecule has 1 rings (SSSR count). The summed E-state index contributed by atoms with van der Waals surface area (Å²) in [5, 5.41) is 13.7. The van der Waals surface area contributed by atoms with Gasteiger partial charge in [0.05, 0.1) is 4.88 Å². The third kappa shape index (κ3) is 3.87. The lowest BCUT2D eigenvalue weighted by atomic mass is 10.3. The van der Waals surface area contributed by atoms with E-state index in [9.17, 15) is 14.4 Å². The van der Waals surface area contributed by atoms with Crippen molar-refractivity contribution in [2.75, 3.05) is 13.6 Å². The molecule has 0 bridgehead atoms. The number of carboxylic acid groups (broad SMARTS) is 1. The van der Waals surface area contributed by atoms with Crippen molar-refractivity contribution < 1.29 is 19.5 Å². The van der Waals surface area contributed by atoms with Crippen LogP contribution in [0.4, 0.5) is 0 Å². The Labute approximate surface area is 102 Å². The minimum atomic E-state index is -1.06. The van der Waals surface area contributed by atoms with E-state index in [-0.39, 0.29) is 29.7 Å². The molecule has 0 aromatic carbocycles. The van der Waals surface area contributed by atoms with Crippen LogP contribution in [0, 0.1) is 0 Å². The first-order valence-electron chi connectivity index (χ1n) is 4.86. The Balaban J connectivity index is 2.47. The Morgan fingerprint density at radius 1 is 1.29 bits per heavy atom. The lowest BCUT2D eigenvalue weighted by Crippen LogP contribution is -2.28.